The molecule has 5 heteroatoms. The lowest BCUT2D eigenvalue weighted by Gasteiger charge is -2.23. The predicted molar refractivity (Wildman–Crippen MR) is 81.9 cm³/mol. The van der Waals surface area contributed by atoms with E-state index in [9.17, 15) is 9.18 Å². The second-order valence-electron chi connectivity index (χ2n) is 5.86. The van der Waals surface area contributed by atoms with Gasteiger partial charge in [0.05, 0.1) is 0 Å². The molecule has 0 unspecified atom stereocenters. The minimum absolute atomic E-state index is 0.0601. The third-order valence-electron chi connectivity index (χ3n) is 4.11. The number of carbonyl (C=O) groups is 1. The molecule has 2 aliphatic rings. The molecule has 1 aliphatic heterocycles. The molecule has 0 saturated heterocycles. The molecule has 0 atom stereocenters. The Hall–Kier alpha value is -2.56. The second-order valence-corrected chi connectivity index (χ2v) is 5.86. The van der Waals surface area contributed by atoms with E-state index in [4.69, 9.17) is 9.47 Å². The quantitative estimate of drug-likeness (QED) is 0.869. The summed E-state index contributed by atoms with van der Waals surface area (Å²) >= 11 is 0. The number of benzene rings is 2. The average molecular weight is 313 g/mol. The van der Waals surface area contributed by atoms with Gasteiger partial charge in [0.25, 0.3) is 5.91 Å². The van der Waals surface area contributed by atoms with Gasteiger partial charge in [0.15, 0.2) is 11.5 Å². The van der Waals surface area contributed by atoms with Gasteiger partial charge < -0.3 is 14.4 Å². The highest BCUT2D eigenvalue weighted by molar-refractivity contribution is 5.95. The van der Waals surface area contributed by atoms with Crippen molar-refractivity contribution in [2.75, 3.05) is 6.79 Å². The van der Waals surface area contributed by atoms with Gasteiger partial charge in [-0.25, -0.2) is 4.39 Å². The first-order chi connectivity index (χ1) is 11.2. The number of carbonyl (C=O) groups excluding carboxylic acids is 1. The molecule has 2 aromatic carbocycles. The van der Waals surface area contributed by atoms with Crippen molar-refractivity contribution < 1.29 is 18.7 Å². The molecule has 0 spiro atoms. The summed E-state index contributed by atoms with van der Waals surface area (Å²) in [7, 11) is 0. The molecule has 23 heavy (non-hydrogen) atoms. The first-order valence-corrected chi connectivity index (χ1v) is 7.66. The maximum absolute atomic E-state index is 13.4. The minimum Gasteiger partial charge on any atom is -0.454 e. The molecular formula is C18H16FNO3. The lowest BCUT2D eigenvalue weighted by atomic mass is 10.1. The van der Waals surface area contributed by atoms with Crippen molar-refractivity contribution in [3.8, 4) is 11.5 Å². The maximum atomic E-state index is 13.4. The number of fused-ring (bicyclic) bond motifs is 1. The highest BCUT2D eigenvalue weighted by Gasteiger charge is 2.33. The third-order valence-corrected chi connectivity index (χ3v) is 4.11. The molecule has 2 aromatic rings. The van der Waals surface area contributed by atoms with Gasteiger partial charge in [-0.2, -0.15) is 0 Å². The fourth-order valence-corrected chi connectivity index (χ4v) is 2.78. The number of nitrogens with zero attached hydrogens (tertiary/aromatic N) is 1. The summed E-state index contributed by atoms with van der Waals surface area (Å²) in [5.74, 6) is 0.908. The fourth-order valence-electron chi connectivity index (χ4n) is 2.78. The van der Waals surface area contributed by atoms with Gasteiger partial charge in [-0.15, -0.1) is 0 Å². The molecular weight excluding hydrogens is 297 g/mol. The molecule has 1 aliphatic carbocycles. The zero-order chi connectivity index (χ0) is 15.8. The van der Waals surface area contributed by atoms with Gasteiger partial charge >= 0.3 is 0 Å². The van der Waals surface area contributed by atoms with Crippen LogP contribution < -0.4 is 9.47 Å². The zero-order valence-electron chi connectivity index (χ0n) is 12.5. The number of amides is 1. The van der Waals surface area contributed by atoms with Crippen molar-refractivity contribution in [3.05, 3.63) is 59.4 Å². The highest BCUT2D eigenvalue weighted by Crippen LogP contribution is 2.35. The SMILES string of the molecule is O=C(c1ccc2c(c1)OCO2)N(Cc1cccc(F)c1)C1CC1. The molecule has 1 fully saturated rings. The number of hydrogen-bond donors (Lipinski definition) is 0. The van der Waals surface area contributed by atoms with Gasteiger partial charge in [0.2, 0.25) is 6.79 Å². The standard InChI is InChI=1S/C18H16FNO3/c19-14-3-1-2-12(8-14)10-20(15-5-6-15)18(21)13-4-7-16-17(9-13)23-11-22-16/h1-4,7-9,15H,5-6,10-11H2. The molecule has 4 nitrogen and oxygen atoms in total. The number of halogens is 1. The summed E-state index contributed by atoms with van der Waals surface area (Å²) in [4.78, 5) is 14.7. The Morgan fingerprint density at radius 3 is 2.74 bits per heavy atom. The topological polar surface area (TPSA) is 38.8 Å². The maximum Gasteiger partial charge on any atom is 0.254 e. The van der Waals surface area contributed by atoms with Crippen LogP contribution >= 0.6 is 0 Å². The largest absolute Gasteiger partial charge is 0.454 e. The smallest absolute Gasteiger partial charge is 0.254 e. The Balaban J connectivity index is 1.58. The Bertz CT molecular complexity index is 758. The number of hydrogen-bond acceptors (Lipinski definition) is 3. The number of rotatable bonds is 4. The molecule has 1 saturated carbocycles. The van der Waals surface area contributed by atoms with Crippen LogP contribution in [0.25, 0.3) is 0 Å². The van der Waals surface area contributed by atoms with Crippen LogP contribution in [-0.4, -0.2) is 23.6 Å². The summed E-state index contributed by atoms with van der Waals surface area (Å²) in [6.07, 6.45) is 1.98. The van der Waals surface area contributed by atoms with E-state index < -0.39 is 0 Å². The lowest BCUT2D eigenvalue weighted by Crippen LogP contribution is -2.32. The van der Waals surface area contributed by atoms with E-state index in [1.54, 1.807) is 24.3 Å². The van der Waals surface area contributed by atoms with Crippen LogP contribution in [0.4, 0.5) is 4.39 Å². The van der Waals surface area contributed by atoms with Crippen LogP contribution in [0.5, 0.6) is 11.5 Å². The monoisotopic (exact) mass is 313 g/mol. The lowest BCUT2D eigenvalue weighted by molar-refractivity contribution is 0.0729. The van der Waals surface area contributed by atoms with E-state index in [2.05, 4.69) is 0 Å². The zero-order valence-corrected chi connectivity index (χ0v) is 12.5. The average Bonchev–Trinajstić information content (AvgIpc) is 3.28. The third kappa shape index (κ3) is 2.86. The number of ether oxygens (including phenoxy) is 2. The van der Waals surface area contributed by atoms with Crippen LogP contribution in [0.15, 0.2) is 42.5 Å². The van der Waals surface area contributed by atoms with Crippen LogP contribution in [0.1, 0.15) is 28.8 Å². The molecule has 0 bridgehead atoms. The Labute approximate surface area is 133 Å². The van der Waals surface area contributed by atoms with Crippen molar-refractivity contribution in [2.24, 2.45) is 0 Å². The first-order valence-electron chi connectivity index (χ1n) is 7.66. The van der Waals surface area contributed by atoms with E-state index in [0.29, 0.717) is 23.6 Å². The normalized spacial score (nSPS) is 15.5. The van der Waals surface area contributed by atoms with Gasteiger partial charge in [-0.05, 0) is 48.7 Å². The summed E-state index contributed by atoms with van der Waals surface area (Å²) in [6, 6.07) is 11.8. The summed E-state index contributed by atoms with van der Waals surface area (Å²) < 4.78 is 24.0. The predicted octanol–water partition coefficient (Wildman–Crippen LogP) is 3.36. The van der Waals surface area contributed by atoms with E-state index >= 15 is 0 Å². The van der Waals surface area contributed by atoms with Crippen molar-refractivity contribution in [1.29, 1.82) is 0 Å². The van der Waals surface area contributed by atoms with Gasteiger partial charge in [-0.3, -0.25) is 4.79 Å². The summed E-state index contributed by atoms with van der Waals surface area (Å²) in [5, 5.41) is 0. The van der Waals surface area contributed by atoms with Crippen LogP contribution in [-0.2, 0) is 6.54 Å². The Morgan fingerprint density at radius 2 is 1.96 bits per heavy atom. The molecule has 0 radical (unpaired) electrons. The van der Waals surface area contributed by atoms with Crippen LogP contribution in [0, 0.1) is 5.82 Å². The van der Waals surface area contributed by atoms with Gasteiger partial charge in [0.1, 0.15) is 5.82 Å². The Morgan fingerprint density at radius 1 is 1.13 bits per heavy atom. The van der Waals surface area contributed by atoms with Crippen molar-refractivity contribution in [1.82, 2.24) is 4.90 Å². The van der Waals surface area contributed by atoms with E-state index in [-0.39, 0.29) is 24.6 Å². The van der Waals surface area contributed by atoms with Crippen molar-refractivity contribution in [2.45, 2.75) is 25.4 Å². The van der Waals surface area contributed by atoms with E-state index in [1.807, 2.05) is 11.0 Å². The fraction of sp³-hybridized carbons (Fsp3) is 0.278. The molecule has 4 rings (SSSR count). The highest BCUT2D eigenvalue weighted by atomic mass is 19.1. The van der Waals surface area contributed by atoms with Crippen molar-refractivity contribution >= 4 is 5.91 Å². The van der Waals surface area contributed by atoms with E-state index in [0.717, 1.165) is 18.4 Å². The first kappa shape index (κ1) is 14.1. The van der Waals surface area contributed by atoms with E-state index in [1.165, 1.54) is 12.1 Å². The van der Waals surface area contributed by atoms with Gasteiger partial charge in [0, 0.05) is 18.2 Å². The molecule has 118 valence electrons. The minimum atomic E-state index is -0.284. The molecule has 1 heterocycles. The Kier molecular flexibility index (Phi) is 3.41. The summed E-state index contributed by atoms with van der Waals surface area (Å²) in [5.41, 5.74) is 1.36. The second kappa shape index (κ2) is 5.57. The van der Waals surface area contributed by atoms with Crippen LogP contribution in [0.3, 0.4) is 0 Å². The van der Waals surface area contributed by atoms with Crippen molar-refractivity contribution in [3.63, 3.8) is 0 Å². The molecule has 0 aromatic heterocycles. The molecule has 0 N–H and O–H groups in total. The van der Waals surface area contributed by atoms with Gasteiger partial charge in [-0.1, -0.05) is 12.1 Å². The molecule has 1 amide bonds. The summed E-state index contributed by atoms with van der Waals surface area (Å²) in [6.45, 7) is 0.596. The van der Waals surface area contributed by atoms with Crippen LogP contribution in [0.2, 0.25) is 0 Å².